The summed E-state index contributed by atoms with van der Waals surface area (Å²) in [6, 6.07) is 9.39. The zero-order valence-corrected chi connectivity index (χ0v) is 11.4. The molecule has 0 bridgehead atoms. The van der Waals surface area contributed by atoms with E-state index < -0.39 is 0 Å². The third-order valence-electron chi connectivity index (χ3n) is 3.85. The summed E-state index contributed by atoms with van der Waals surface area (Å²) in [6.45, 7) is 7.78. The van der Waals surface area contributed by atoms with Crippen LogP contribution in [0, 0.1) is 0 Å². The van der Waals surface area contributed by atoms with Crippen molar-refractivity contribution >= 4 is 0 Å². The maximum absolute atomic E-state index is 5.69. The Bertz CT molecular complexity index is 363. The van der Waals surface area contributed by atoms with E-state index in [1.165, 1.54) is 11.1 Å². The molecule has 1 fully saturated rings. The van der Waals surface area contributed by atoms with Gasteiger partial charge in [0.15, 0.2) is 0 Å². The van der Waals surface area contributed by atoms with Gasteiger partial charge in [0.2, 0.25) is 0 Å². The highest BCUT2D eigenvalue weighted by atomic mass is 16.5. The van der Waals surface area contributed by atoms with Crippen LogP contribution in [0.1, 0.15) is 31.0 Å². The number of hydrogen-bond donors (Lipinski definition) is 1. The molecule has 3 nitrogen and oxygen atoms in total. The van der Waals surface area contributed by atoms with Gasteiger partial charge in [0, 0.05) is 25.7 Å². The average Bonchev–Trinajstić information content (AvgIpc) is 2.46. The molecular formula is C15H24N2O. The van der Waals surface area contributed by atoms with Crippen molar-refractivity contribution in [2.45, 2.75) is 32.4 Å². The highest BCUT2D eigenvalue weighted by Gasteiger charge is 2.23. The molecule has 0 aromatic heterocycles. The maximum Gasteiger partial charge on any atom is 0.0824 e. The first kappa shape index (κ1) is 13.5. The molecule has 100 valence electrons. The molecule has 18 heavy (non-hydrogen) atoms. The van der Waals surface area contributed by atoms with Crippen LogP contribution in [0.2, 0.25) is 0 Å². The van der Waals surface area contributed by atoms with Crippen molar-refractivity contribution in [2.24, 2.45) is 5.73 Å². The van der Waals surface area contributed by atoms with Crippen molar-refractivity contribution in [2.75, 3.05) is 26.2 Å². The van der Waals surface area contributed by atoms with Gasteiger partial charge in [-0.05, 0) is 24.5 Å². The Morgan fingerprint density at radius 3 is 2.72 bits per heavy atom. The van der Waals surface area contributed by atoms with Crippen LogP contribution in [0.15, 0.2) is 24.3 Å². The van der Waals surface area contributed by atoms with E-state index in [2.05, 4.69) is 43.0 Å². The van der Waals surface area contributed by atoms with Gasteiger partial charge >= 0.3 is 0 Å². The predicted molar refractivity (Wildman–Crippen MR) is 74.6 cm³/mol. The molecule has 2 atom stereocenters. The summed E-state index contributed by atoms with van der Waals surface area (Å²) in [4.78, 5) is 2.46. The maximum atomic E-state index is 5.69. The van der Waals surface area contributed by atoms with Crippen molar-refractivity contribution in [3.8, 4) is 0 Å². The minimum absolute atomic E-state index is 0.191. The molecule has 2 rings (SSSR count). The van der Waals surface area contributed by atoms with Gasteiger partial charge in [0.1, 0.15) is 0 Å². The van der Waals surface area contributed by atoms with Crippen LogP contribution >= 0.6 is 0 Å². The number of morpholine rings is 1. The SMILES string of the molecule is CCc1ccc(C(C)N2CCOC(CN)C2)cc1. The Balaban J connectivity index is 2.02. The average molecular weight is 248 g/mol. The number of ether oxygens (including phenoxy) is 1. The van der Waals surface area contributed by atoms with Crippen molar-refractivity contribution in [1.29, 1.82) is 0 Å². The largest absolute Gasteiger partial charge is 0.374 e. The number of nitrogens with zero attached hydrogens (tertiary/aromatic N) is 1. The van der Waals surface area contributed by atoms with Gasteiger partial charge in [-0.3, -0.25) is 4.90 Å². The zero-order valence-electron chi connectivity index (χ0n) is 11.4. The second-order valence-corrected chi connectivity index (χ2v) is 4.99. The molecule has 1 aromatic rings. The van der Waals surface area contributed by atoms with E-state index in [0.29, 0.717) is 12.6 Å². The summed E-state index contributed by atoms with van der Waals surface area (Å²) < 4.78 is 5.61. The van der Waals surface area contributed by atoms with Crippen LogP contribution in [0.3, 0.4) is 0 Å². The van der Waals surface area contributed by atoms with Gasteiger partial charge in [0.25, 0.3) is 0 Å². The topological polar surface area (TPSA) is 38.5 Å². The summed E-state index contributed by atoms with van der Waals surface area (Å²) in [5.41, 5.74) is 8.47. The molecule has 0 saturated carbocycles. The smallest absolute Gasteiger partial charge is 0.0824 e. The number of aryl methyl sites for hydroxylation is 1. The molecular weight excluding hydrogens is 224 g/mol. The van der Waals surface area contributed by atoms with Gasteiger partial charge in [-0.25, -0.2) is 0 Å². The highest BCUT2D eigenvalue weighted by molar-refractivity contribution is 5.24. The number of rotatable bonds is 4. The fourth-order valence-corrected chi connectivity index (χ4v) is 2.48. The van der Waals surface area contributed by atoms with Crippen LogP contribution in [-0.4, -0.2) is 37.2 Å². The van der Waals surface area contributed by atoms with E-state index in [1.54, 1.807) is 0 Å². The molecule has 0 amide bonds. The van der Waals surface area contributed by atoms with Crippen LogP contribution in [0.5, 0.6) is 0 Å². The van der Waals surface area contributed by atoms with E-state index in [-0.39, 0.29) is 6.10 Å². The lowest BCUT2D eigenvalue weighted by Crippen LogP contribution is -2.46. The van der Waals surface area contributed by atoms with Crippen LogP contribution in [-0.2, 0) is 11.2 Å². The van der Waals surface area contributed by atoms with E-state index >= 15 is 0 Å². The van der Waals surface area contributed by atoms with Crippen LogP contribution < -0.4 is 5.73 Å². The third kappa shape index (κ3) is 3.10. The summed E-state index contributed by atoms with van der Waals surface area (Å²) in [6.07, 6.45) is 1.29. The lowest BCUT2D eigenvalue weighted by molar-refractivity contribution is -0.0364. The van der Waals surface area contributed by atoms with Gasteiger partial charge < -0.3 is 10.5 Å². The van der Waals surface area contributed by atoms with Gasteiger partial charge in [-0.15, -0.1) is 0 Å². The van der Waals surface area contributed by atoms with Gasteiger partial charge in [-0.1, -0.05) is 31.2 Å². The molecule has 1 aliphatic heterocycles. The molecule has 0 aliphatic carbocycles. The van der Waals surface area contributed by atoms with Crippen molar-refractivity contribution in [1.82, 2.24) is 4.90 Å². The summed E-state index contributed by atoms with van der Waals surface area (Å²) in [7, 11) is 0. The zero-order chi connectivity index (χ0) is 13.0. The standard InChI is InChI=1S/C15H24N2O/c1-3-13-4-6-14(7-5-13)12(2)17-8-9-18-15(10-16)11-17/h4-7,12,15H,3,8-11,16H2,1-2H3. The van der Waals surface area contributed by atoms with E-state index in [1.807, 2.05) is 0 Å². The predicted octanol–water partition coefficient (Wildman–Crippen LogP) is 1.97. The minimum Gasteiger partial charge on any atom is -0.374 e. The minimum atomic E-state index is 0.191. The molecule has 1 heterocycles. The number of benzene rings is 1. The second kappa shape index (κ2) is 6.32. The monoisotopic (exact) mass is 248 g/mol. The Kier molecular flexibility index (Phi) is 4.75. The van der Waals surface area contributed by atoms with Crippen LogP contribution in [0.25, 0.3) is 0 Å². The molecule has 1 aromatic carbocycles. The Labute approximate surface area is 110 Å². The normalized spacial score (nSPS) is 22.9. The molecule has 0 spiro atoms. The Morgan fingerprint density at radius 1 is 1.39 bits per heavy atom. The highest BCUT2D eigenvalue weighted by Crippen LogP contribution is 2.22. The molecule has 2 unspecified atom stereocenters. The molecule has 2 N–H and O–H groups in total. The van der Waals surface area contributed by atoms with E-state index in [4.69, 9.17) is 10.5 Å². The third-order valence-corrected chi connectivity index (χ3v) is 3.85. The number of nitrogens with two attached hydrogens (primary N) is 1. The van der Waals surface area contributed by atoms with Gasteiger partial charge in [-0.2, -0.15) is 0 Å². The fraction of sp³-hybridized carbons (Fsp3) is 0.600. The quantitative estimate of drug-likeness (QED) is 0.885. The van der Waals surface area contributed by atoms with Crippen molar-refractivity contribution in [3.05, 3.63) is 35.4 Å². The summed E-state index contributed by atoms with van der Waals surface area (Å²) in [5.74, 6) is 0. The molecule has 1 aliphatic rings. The summed E-state index contributed by atoms with van der Waals surface area (Å²) in [5, 5.41) is 0. The first-order valence-electron chi connectivity index (χ1n) is 6.89. The van der Waals surface area contributed by atoms with Crippen molar-refractivity contribution in [3.63, 3.8) is 0 Å². The second-order valence-electron chi connectivity index (χ2n) is 4.99. The lowest BCUT2D eigenvalue weighted by Gasteiger charge is -2.36. The van der Waals surface area contributed by atoms with E-state index in [0.717, 1.165) is 26.1 Å². The molecule has 1 saturated heterocycles. The Hall–Kier alpha value is -0.900. The molecule has 3 heteroatoms. The van der Waals surface area contributed by atoms with Gasteiger partial charge in [0.05, 0.1) is 12.7 Å². The van der Waals surface area contributed by atoms with Crippen molar-refractivity contribution < 1.29 is 4.74 Å². The fourth-order valence-electron chi connectivity index (χ4n) is 2.48. The van der Waals surface area contributed by atoms with Crippen LogP contribution in [0.4, 0.5) is 0 Å². The first-order chi connectivity index (χ1) is 8.74. The Morgan fingerprint density at radius 2 is 2.11 bits per heavy atom. The van der Waals surface area contributed by atoms with E-state index in [9.17, 15) is 0 Å². The summed E-state index contributed by atoms with van der Waals surface area (Å²) >= 11 is 0. The molecule has 0 radical (unpaired) electrons. The first-order valence-corrected chi connectivity index (χ1v) is 6.89. The lowest BCUT2D eigenvalue weighted by atomic mass is 10.0. The number of hydrogen-bond acceptors (Lipinski definition) is 3.